The number of allylic oxidation sites excluding steroid dienone is 2. The molecule has 14 heavy (non-hydrogen) atoms. The monoisotopic (exact) mass is 262 g/mol. The Hall–Kier alpha value is -0.840. The highest BCUT2D eigenvalue weighted by atomic mass is 79.9. The standard InChI is InChI=1S/C9H15BrN2O2/c1-4-14-8(13)5-12-7(3)9(10)6(2)11/h4-5,11H2,1-3H3/b9-6+,12-7?. The first-order chi connectivity index (χ1) is 6.49. The normalized spacial score (nSPS) is 13.6. The third kappa shape index (κ3) is 5.01. The van der Waals surface area contributed by atoms with Crippen molar-refractivity contribution >= 4 is 27.6 Å². The van der Waals surface area contributed by atoms with Crippen LogP contribution in [0.15, 0.2) is 15.2 Å². The number of aliphatic imine (C=N–C) groups is 1. The first kappa shape index (κ1) is 13.2. The second-order valence-corrected chi connectivity index (χ2v) is 3.50. The molecule has 0 aromatic carbocycles. The van der Waals surface area contributed by atoms with Gasteiger partial charge in [-0.3, -0.25) is 9.79 Å². The lowest BCUT2D eigenvalue weighted by Crippen LogP contribution is -2.10. The third-order valence-electron chi connectivity index (χ3n) is 1.41. The lowest BCUT2D eigenvalue weighted by atomic mass is 10.3. The molecule has 5 heteroatoms. The van der Waals surface area contributed by atoms with Crippen molar-refractivity contribution in [2.24, 2.45) is 10.7 Å². The molecule has 2 N–H and O–H groups in total. The van der Waals surface area contributed by atoms with Crippen molar-refractivity contribution in [3.05, 3.63) is 10.2 Å². The number of halogens is 1. The van der Waals surface area contributed by atoms with E-state index in [1.807, 2.05) is 0 Å². The summed E-state index contributed by atoms with van der Waals surface area (Å²) < 4.78 is 5.45. The van der Waals surface area contributed by atoms with Gasteiger partial charge in [0.2, 0.25) is 0 Å². The topological polar surface area (TPSA) is 64.7 Å². The van der Waals surface area contributed by atoms with Crippen molar-refractivity contribution in [2.75, 3.05) is 13.2 Å². The Labute approximate surface area is 92.3 Å². The van der Waals surface area contributed by atoms with Gasteiger partial charge in [-0.1, -0.05) is 0 Å². The summed E-state index contributed by atoms with van der Waals surface area (Å²) in [6.45, 7) is 5.70. The van der Waals surface area contributed by atoms with E-state index in [9.17, 15) is 4.79 Å². The first-order valence-electron chi connectivity index (χ1n) is 4.28. The summed E-state index contributed by atoms with van der Waals surface area (Å²) >= 11 is 3.27. The van der Waals surface area contributed by atoms with Crippen LogP contribution in [-0.4, -0.2) is 24.8 Å². The Morgan fingerprint density at radius 3 is 2.50 bits per heavy atom. The predicted octanol–water partition coefficient (Wildman–Crippen LogP) is 1.60. The molecule has 0 rings (SSSR count). The Balaban J connectivity index is 4.27. The molecule has 0 saturated carbocycles. The van der Waals surface area contributed by atoms with E-state index >= 15 is 0 Å². The number of hydrogen-bond acceptors (Lipinski definition) is 4. The van der Waals surface area contributed by atoms with Crippen molar-refractivity contribution in [3.63, 3.8) is 0 Å². The second-order valence-electron chi connectivity index (χ2n) is 2.70. The molecule has 0 aliphatic heterocycles. The zero-order valence-electron chi connectivity index (χ0n) is 8.63. The quantitative estimate of drug-likeness (QED) is 0.618. The molecule has 80 valence electrons. The van der Waals surface area contributed by atoms with E-state index in [4.69, 9.17) is 10.5 Å². The number of carbonyl (C=O) groups is 1. The fourth-order valence-corrected chi connectivity index (χ4v) is 0.870. The van der Waals surface area contributed by atoms with Gasteiger partial charge in [-0.15, -0.1) is 0 Å². The van der Waals surface area contributed by atoms with Gasteiger partial charge in [0, 0.05) is 11.4 Å². The summed E-state index contributed by atoms with van der Waals surface area (Å²) in [6.07, 6.45) is 0. The zero-order valence-corrected chi connectivity index (χ0v) is 10.2. The number of hydrogen-bond donors (Lipinski definition) is 1. The highest BCUT2D eigenvalue weighted by molar-refractivity contribution is 9.12. The number of carbonyl (C=O) groups excluding carboxylic acids is 1. The summed E-state index contributed by atoms with van der Waals surface area (Å²) in [5.41, 5.74) is 6.86. The summed E-state index contributed by atoms with van der Waals surface area (Å²) in [6, 6.07) is 0. The maximum Gasteiger partial charge on any atom is 0.327 e. The van der Waals surface area contributed by atoms with E-state index in [0.717, 1.165) is 4.48 Å². The van der Waals surface area contributed by atoms with Gasteiger partial charge in [0.1, 0.15) is 6.54 Å². The van der Waals surface area contributed by atoms with Crippen LogP contribution in [-0.2, 0) is 9.53 Å². The SMILES string of the molecule is CCOC(=O)CN=C(C)/C(Br)=C(/C)N. The van der Waals surface area contributed by atoms with E-state index in [-0.39, 0.29) is 12.5 Å². The molecule has 0 fully saturated rings. The molecule has 0 atom stereocenters. The lowest BCUT2D eigenvalue weighted by Gasteiger charge is -2.02. The second kappa shape index (κ2) is 6.59. The smallest absolute Gasteiger partial charge is 0.327 e. The van der Waals surface area contributed by atoms with Crippen molar-refractivity contribution in [3.8, 4) is 0 Å². The van der Waals surface area contributed by atoms with Crippen LogP contribution in [0, 0.1) is 0 Å². The average Bonchev–Trinajstić information content (AvgIpc) is 2.13. The van der Waals surface area contributed by atoms with Crippen molar-refractivity contribution in [1.29, 1.82) is 0 Å². The zero-order chi connectivity index (χ0) is 11.1. The molecular formula is C9H15BrN2O2. The Morgan fingerprint density at radius 2 is 2.07 bits per heavy atom. The van der Waals surface area contributed by atoms with Gasteiger partial charge in [-0.05, 0) is 36.7 Å². The van der Waals surface area contributed by atoms with E-state index in [1.54, 1.807) is 20.8 Å². The van der Waals surface area contributed by atoms with Crippen molar-refractivity contribution in [2.45, 2.75) is 20.8 Å². The molecule has 0 heterocycles. The largest absolute Gasteiger partial charge is 0.465 e. The molecule has 0 aromatic rings. The third-order valence-corrected chi connectivity index (χ3v) is 2.61. The number of rotatable bonds is 4. The summed E-state index contributed by atoms with van der Waals surface area (Å²) in [5, 5.41) is 0. The molecule has 0 aromatic heterocycles. The van der Waals surface area contributed by atoms with Gasteiger partial charge in [-0.2, -0.15) is 0 Å². The number of nitrogens with two attached hydrogens (primary N) is 1. The minimum atomic E-state index is -0.332. The van der Waals surface area contributed by atoms with E-state index in [1.165, 1.54) is 0 Å². The highest BCUT2D eigenvalue weighted by Gasteiger charge is 2.02. The van der Waals surface area contributed by atoms with Gasteiger partial charge in [0.05, 0.1) is 11.1 Å². The molecule has 0 spiro atoms. The van der Waals surface area contributed by atoms with Crippen LogP contribution >= 0.6 is 15.9 Å². The van der Waals surface area contributed by atoms with Crippen LogP contribution in [0.25, 0.3) is 0 Å². The fraction of sp³-hybridized carbons (Fsp3) is 0.556. The van der Waals surface area contributed by atoms with E-state index < -0.39 is 0 Å². The Bertz CT molecular complexity index is 268. The van der Waals surface area contributed by atoms with Gasteiger partial charge >= 0.3 is 5.97 Å². The average molecular weight is 263 g/mol. The fourth-order valence-electron chi connectivity index (χ4n) is 0.745. The van der Waals surface area contributed by atoms with Crippen molar-refractivity contribution < 1.29 is 9.53 Å². The van der Waals surface area contributed by atoms with Crippen molar-refractivity contribution in [1.82, 2.24) is 0 Å². The first-order valence-corrected chi connectivity index (χ1v) is 5.07. The minimum Gasteiger partial charge on any atom is -0.465 e. The molecule has 0 aliphatic carbocycles. The molecule has 0 amide bonds. The van der Waals surface area contributed by atoms with Crippen LogP contribution in [0.5, 0.6) is 0 Å². The molecule has 0 unspecified atom stereocenters. The number of nitrogens with zero attached hydrogens (tertiary/aromatic N) is 1. The summed E-state index contributed by atoms with van der Waals surface area (Å²) in [4.78, 5) is 15.0. The van der Waals surface area contributed by atoms with E-state index in [2.05, 4.69) is 20.9 Å². The molecule has 4 nitrogen and oxygen atoms in total. The predicted molar refractivity (Wildman–Crippen MR) is 60.4 cm³/mol. The van der Waals surface area contributed by atoms with Gasteiger partial charge in [-0.25, -0.2) is 0 Å². The number of ether oxygens (including phenoxy) is 1. The number of esters is 1. The van der Waals surface area contributed by atoms with Gasteiger partial charge < -0.3 is 10.5 Å². The highest BCUT2D eigenvalue weighted by Crippen LogP contribution is 2.10. The maximum atomic E-state index is 10.9. The van der Waals surface area contributed by atoms with Gasteiger partial charge in [0.15, 0.2) is 0 Å². The van der Waals surface area contributed by atoms with Crippen LogP contribution in [0.4, 0.5) is 0 Å². The molecular weight excluding hydrogens is 248 g/mol. The van der Waals surface area contributed by atoms with Gasteiger partial charge in [0.25, 0.3) is 0 Å². The van der Waals surface area contributed by atoms with Crippen LogP contribution in [0.3, 0.4) is 0 Å². The lowest BCUT2D eigenvalue weighted by molar-refractivity contribution is -0.141. The summed E-state index contributed by atoms with van der Waals surface area (Å²) in [5.74, 6) is -0.332. The molecule has 0 aliphatic rings. The Kier molecular flexibility index (Phi) is 6.19. The van der Waals surface area contributed by atoms with Crippen LogP contribution in [0.1, 0.15) is 20.8 Å². The molecule has 0 bridgehead atoms. The van der Waals surface area contributed by atoms with E-state index in [0.29, 0.717) is 18.0 Å². The minimum absolute atomic E-state index is 0.0298. The maximum absolute atomic E-state index is 10.9. The Morgan fingerprint density at radius 1 is 1.50 bits per heavy atom. The van der Waals surface area contributed by atoms with Crippen LogP contribution < -0.4 is 5.73 Å². The van der Waals surface area contributed by atoms with Crippen LogP contribution in [0.2, 0.25) is 0 Å². The summed E-state index contributed by atoms with van der Waals surface area (Å²) in [7, 11) is 0. The molecule has 0 radical (unpaired) electrons. The molecule has 0 saturated heterocycles.